The molecule has 2 atom stereocenters. The summed E-state index contributed by atoms with van der Waals surface area (Å²) in [7, 11) is 3.10. The first-order valence-electron chi connectivity index (χ1n) is 6.67. The molecular weight excluding hydrogens is 373 g/mol. The minimum atomic E-state index is -0.228. The highest BCUT2D eigenvalue weighted by molar-refractivity contribution is 14.0. The number of esters is 1. The lowest BCUT2D eigenvalue weighted by Gasteiger charge is -2.25. The van der Waals surface area contributed by atoms with Crippen molar-refractivity contribution < 1.29 is 14.3 Å². The van der Waals surface area contributed by atoms with Crippen LogP contribution in [0.4, 0.5) is 0 Å². The number of hydrogen-bond donors (Lipinski definition) is 2. The average molecular weight is 399 g/mol. The topological polar surface area (TPSA) is 72.0 Å². The van der Waals surface area contributed by atoms with E-state index in [2.05, 4.69) is 27.3 Å². The minimum absolute atomic E-state index is 0. The maximum absolute atomic E-state index is 11.3. The van der Waals surface area contributed by atoms with Crippen molar-refractivity contribution in [1.82, 2.24) is 10.6 Å². The van der Waals surface area contributed by atoms with Gasteiger partial charge in [0, 0.05) is 26.7 Å². The minimum Gasteiger partial charge on any atom is -0.469 e. The Kier molecular flexibility index (Phi) is 9.11. The molecule has 1 fully saturated rings. The Morgan fingerprint density at radius 1 is 1.50 bits per heavy atom. The summed E-state index contributed by atoms with van der Waals surface area (Å²) >= 11 is 0. The van der Waals surface area contributed by atoms with E-state index >= 15 is 0 Å². The Morgan fingerprint density at radius 3 is 2.70 bits per heavy atom. The van der Waals surface area contributed by atoms with Crippen LogP contribution in [-0.2, 0) is 14.3 Å². The summed E-state index contributed by atoms with van der Waals surface area (Å²) in [5.74, 6) is 0.239. The first kappa shape index (κ1) is 19.4. The van der Waals surface area contributed by atoms with E-state index in [1.165, 1.54) is 7.11 Å². The molecule has 2 N–H and O–H groups in total. The SMILES string of the molecule is CN=C(NCC(C)C(=O)OC)NCC1(C)CCCO1.I. The highest BCUT2D eigenvalue weighted by atomic mass is 127. The molecule has 1 saturated heterocycles. The Hall–Kier alpha value is -0.570. The van der Waals surface area contributed by atoms with Gasteiger partial charge in [-0.15, -0.1) is 24.0 Å². The Balaban J connectivity index is 0.00000361. The van der Waals surface area contributed by atoms with E-state index in [4.69, 9.17) is 4.74 Å². The maximum Gasteiger partial charge on any atom is 0.310 e. The van der Waals surface area contributed by atoms with Gasteiger partial charge in [-0.1, -0.05) is 6.92 Å². The molecular formula is C13H26IN3O3. The predicted molar refractivity (Wildman–Crippen MR) is 89.6 cm³/mol. The zero-order valence-electron chi connectivity index (χ0n) is 12.7. The smallest absolute Gasteiger partial charge is 0.310 e. The third-order valence-electron chi connectivity index (χ3n) is 3.33. The molecule has 0 aromatic carbocycles. The summed E-state index contributed by atoms with van der Waals surface area (Å²) in [6.45, 7) is 5.93. The van der Waals surface area contributed by atoms with E-state index in [-0.39, 0.29) is 41.5 Å². The van der Waals surface area contributed by atoms with E-state index in [0.717, 1.165) is 19.4 Å². The molecule has 0 aromatic rings. The molecule has 1 aliphatic heterocycles. The molecule has 0 aromatic heterocycles. The second-order valence-corrected chi connectivity index (χ2v) is 5.13. The van der Waals surface area contributed by atoms with Crippen molar-refractivity contribution >= 4 is 35.9 Å². The highest BCUT2D eigenvalue weighted by Gasteiger charge is 2.29. The zero-order chi connectivity index (χ0) is 14.3. The molecule has 0 saturated carbocycles. The van der Waals surface area contributed by atoms with Crippen LogP contribution in [0.2, 0.25) is 0 Å². The van der Waals surface area contributed by atoms with Crippen LogP contribution in [0.1, 0.15) is 26.7 Å². The fourth-order valence-corrected chi connectivity index (χ4v) is 2.00. The number of rotatable bonds is 5. The molecule has 1 heterocycles. The summed E-state index contributed by atoms with van der Waals surface area (Å²) in [6, 6.07) is 0. The van der Waals surface area contributed by atoms with Gasteiger partial charge < -0.3 is 20.1 Å². The Labute approximate surface area is 138 Å². The molecule has 1 rings (SSSR count). The number of ether oxygens (including phenoxy) is 2. The molecule has 0 aliphatic carbocycles. The van der Waals surface area contributed by atoms with Gasteiger partial charge in [-0.2, -0.15) is 0 Å². The number of halogens is 1. The van der Waals surface area contributed by atoms with Crippen LogP contribution in [0.25, 0.3) is 0 Å². The van der Waals surface area contributed by atoms with E-state index < -0.39 is 0 Å². The molecule has 6 nitrogen and oxygen atoms in total. The average Bonchev–Trinajstić information content (AvgIpc) is 2.84. The largest absolute Gasteiger partial charge is 0.469 e. The highest BCUT2D eigenvalue weighted by Crippen LogP contribution is 2.23. The van der Waals surface area contributed by atoms with Crippen LogP contribution in [0.5, 0.6) is 0 Å². The first-order valence-corrected chi connectivity index (χ1v) is 6.67. The predicted octanol–water partition coefficient (Wildman–Crippen LogP) is 1.15. The van der Waals surface area contributed by atoms with Crippen LogP contribution in [0.15, 0.2) is 4.99 Å². The number of nitrogens with one attached hydrogen (secondary N) is 2. The van der Waals surface area contributed by atoms with Crippen molar-refractivity contribution in [3.63, 3.8) is 0 Å². The van der Waals surface area contributed by atoms with Crippen molar-refractivity contribution in [3.8, 4) is 0 Å². The van der Waals surface area contributed by atoms with Gasteiger partial charge in [0.1, 0.15) is 0 Å². The monoisotopic (exact) mass is 399 g/mol. The summed E-state index contributed by atoms with van der Waals surface area (Å²) in [5.41, 5.74) is -0.119. The number of guanidine groups is 1. The van der Waals surface area contributed by atoms with Crippen molar-refractivity contribution in [3.05, 3.63) is 0 Å². The van der Waals surface area contributed by atoms with Crippen LogP contribution in [-0.4, -0.2) is 51.4 Å². The molecule has 0 spiro atoms. The molecule has 0 bridgehead atoms. The van der Waals surface area contributed by atoms with Gasteiger partial charge in [0.25, 0.3) is 0 Å². The number of carbonyl (C=O) groups excluding carboxylic acids is 1. The van der Waals surface area contributed by atoms with Gasteiger partial charge in [0.05, 0.1) is 18.6 Å². The van der Waals surface area contributed by atoms with Gasteiger partial charge in [0.2, 0.25) is 0 Å². The lowest BCUT2D eigenvalue weighted by molar-refractivity contribution is -0.144. The van der Waals surface area contributed by atoms with E-state index in [1.807, 2.05) is 6.92 Å². The summed E-state index contributed by atoms with van der Waals surface area (Å²) in [4.78, 5) is 15.4. The molecule has 20 heavy (non-hydrogen) atoms. The maximum atomic E-state index is 11.3. The van der Waals surface area contributed by atoms with Gasteiger partial charge >= 0.3 is 5.97 Å². The van der Waals surface area contributed by atoms with E-state index in [0.29, 0.717) is 19.0 Å². The Morgan fingerprint density at radius 2 is 2.20 bits per heavy atom. The number of aliphatic imine (C=N–C) groups is 1. The summed E-state index contributed by atoms with van der Waals surface area (Å²) < 4.78 is 10.4. The second-order valence-electron chi connectivity index (χ2n) is 5.13. The van der Waals surface area contributed by atoms with Crippen molar-refractivity contribution in [2.24, 2.45) is 10.9 Å². The van der Waals surface area contributed by atoms with Crippen molar-refractivity contribution in [1.29, 1.82) is 0 Å². The standard InChI is InChI=1S/C13H25N3O3.HI/c1-10(11(17)18-4)8-15-12(14-3)16-9-13(2)6-5-7-19-13;/h10H,5-9H2,1-4H3,(H2,14,15,16);1H. The lowest BCUT2D eigenvalue weighted by Crippen LogP contribution is -2.46. The van der Waals surface area contributed by atoms with E-state index in [1.54, 1.807) is 7.05 Å². The van der Waals surface area contributed by atoms with Crippen LogP contribution in [0, 0.1) is 5.92 Å². The summed E-state index contributed by atoms with van der Waals surface area (Å²) in [6.07, 6.45) is 2.15. The first-order chi connectivity index (χ1) is 9.00. The summed E-state index contributed by atoms with van der Waals surface area (Å²) in [5, 5.41) is 6.33. The normalized spacial score (nSPS) is 23.7. The van der Waals surface area contributed by atoms with Crippen LogP contribution < -0.4 is 10.6 Å². The number of nitrogens with zero attached hydrogens (tertiary/aromatic N) is 1. The third-order valence-corrected chi connectivity index (χ3v) is 3.33. The third kappa shape index (κ3) is 6.25. The quantitative estimate of drug-likeness (QED) is 0.314. The van der Waals surface area contributed by atoms with Gasteiger partial charge in [-0.25, -0.2) is 0 Å². The number of hydrogen-bond acceptors (Lipinski definition) is 4. The molecule has 0 radical (unpaired) electrons. The molecule has 7 heteroatoms. The van der Waals surface area contributed by atoms with Crippen molar-refractivity contribution in [2.45, 2.75) is 32.3 Å². The molecule has 2 unspecified atom stereocenters. The number of carbonyl (C=O) groups is 1. The molecule has 1 aliphatic rings. The fraction of sp³-hybridized carbons (Fsp3) is 0.846. The molecule has 118 valence electrons. The van der Waals surface area contributed by atoms with Crippen molar-refractivity contribution in [2.75, 3.05) is 33.9 Å². The molecule has 0 amide bonds. The Bertz CT molecular complexity index is 331. The van der Waals surface area contributed by atoms with Crippen LogP contribution in [0.3, 0.4) is 0 Å². The fourth-order valence-electron chi connectivity index (χ4n) is 2.00. The van der Waals surface area contributed by atoms with Gasteiger partial charge in [0.15, 0.2) is 5.96 Å². The van der Waals surface area contributed by atoms with Crippen LogP contribution >= 0.6 is 24.0 Å². The second kappa shape index (κ2) is 9.38. The number of methoxy groups -OCH3 is 1. The van der Waals surface area contributed by atoms with Gasteiger partial charge in [-0.05, 0) is 19.8 Å². The van der Waals surface area contributed by atoms with E-state index in [9.17, 15) is 4.79 Å². The van der Waals surface area contributed by atoms with Gasteiger partial charge in [-0.3, -0.25) is 9.79 Å². The lowest BCUT2D eigenvalue weighted by atomic mass is 10.0. The zero-order valence-corrected chi connectivity index (χ0v) is 15.0.